The second kappa shape index (κ2) is 8.99. The first-order valence-electron chi connectivity index (χ1n) is 8.48. The Hall–Kier alpha value is -1.29. The molecule has 0 aromatic heterocycles. The predicted molar refractivity (Wildman–Crippen MR) is 97.7 cm³/mol. The fourth-order valence-corrected chi connectivity index (χ4v) is 3.16. The molecule has 1 aromatic carbocycles. The molecule has 0 amide bonds. The zero-order valence-electron chi connectivity index (χ0n) is 13.7. The number of thiocarbonyl (C=S) groups is 1. The zero-order valence-corrected chi connectivity index (χ0v) is 14.5. The highest BCUT2D eigenvalue weighted by Crippen LogP contribution is 2.20. The normalized spacial score (nSPS) is 16.7. The van der Waals surface area contributed by atoms with Crippen molar-refractivity contribution in [3.05, 3.63) is 24.3 Å². The van der Waals surface area contributed by atoms with Gasteiger partial charge < -0.3 is 15.4 Å². The lowest BCUT2D eigenvalue weighted by molar-refractivity contribution is 0.242. The molecular formula is C18H28N2OS. The first kappa shape index (κ1) is 17.1. The Morgan fingerprint density at radius 2 is 1.82 bits per heavy atom. The van der Waals surface area contributed by atoms with Gasteiger partial charge in [-0.3, -0.25) is 0 Å². The van der Waals surface area contributed by atoms with Crippen molar-refractivity contribution in [1.82, 2.24) is 5.32 Å². The fraction of sp³-hybridized carbons (Fsp3) is 0.611. The van der Waals surface area contributed by atoms with Gasteiger partial charge in [0.05, 0.1) is 6.10 Å². The quantitative estimate of drug-likeness (QED) is 0.775. The Kier molecular flexibility index (Phi) is 6.97. The molecule has 0 unspecified atom stereocenters. The van der Waals surface area contributed by atoms with E-state index >= 15 is 0 Å². The van der Waals surface area contributed by atoms with Crippen molar-refractivity contribution in [3.8, 4) is 5.75 Å². The van der Waals surface area contributed by atoms with Gasteiger partial charge in [0.2, 0.25) is 0 Å². The largest absolute Gasteiger partial charge is 0.491 e. The molecule has 0 saturated heterocycles. The lowest BCUT2D eigenvalue weighted by Crippen LogP contribution is -2.38. The number of rotatable bonds is 4. The van der Waals surface area contributed by atoms with Crippen molar-refractivity contribution in [3.63, 3.8) is 0 Å². The number of hydrogen-bond donors (Lipinski definition) is 2. The lowest BCUT2D eigenvalue weighted by Gasteiger charge is -2.23. The highest BCUT2D eigenvalue weighted by atomic mass is 32.1. The molecule has 2 rings (SSSR count). The Labute approximate surface area is 139 Å². The summed E-state index contributed by atoms with van der Waals surface area (Å²) >= 11 is 5.46. The summed E-state index contributed by atoms with van der Waals surface area (Å²) in [4.78, 5) is 0. The van der Waals surface area contributed by atoms with Crippen molar-refractivity contribution in [2.45, 2.75) is 70.9 Å². The summed E-state index contributed by atoms with van der Waals surface area (Å²) in [5.41, 5.74) is 0.974. The molecule has 3 nitrogen and oxygen atoms in total. The van der Waals surface area contributed by atoms with E-state index < -0.39 is 0 Å². The summed E-state index contributed by atoms with van der Waals surface area (Å²) in [6.45, 7) is 4.06. The van der Waals surface area contributed by atoms with Crippen LogP contribution in [0.1, 0.15) is 58.8 Å². The van der Waals surface area contributed by atoms with Gasteiger partial charge in [-0.1, -0.05) is 38.2 Å². The molecule has 0 heterocycles. The third kappa shape index (κ3) is 6.22. The van der Waals surface area contributed by atoms with Crippen LogP contribution in [-0.4, -0.2) is 17.3 Å². The summed E-state index contributed by atoms with van der Waals surface area (Å²) < 4.78 is 5.71. The molecule has 1 aliphatic rings. The molecule has 0 atom stereocenters. The molecule has 0 radical (unpaired) electrons. The van der Waals surface area contributed by atoms with Crippen molar-refractivity contribution >= 4 is 23.0 Å². The van der Waals surface area contributed by atoms with E-state index in [-0.39, 0.29) is 6.10 Å². The predicted octanol–water partition coefficient (Wildman–Crippen LogP) is 4.87. The van der Waals surface area contributed by atoms with E-state index in [9.17, 15) is 0 Å². The van der Waals surface area contributed by atoms with Crippen molar-refractivity contribution in [2.24, 2.45) is 0 Å². The molecule has 22 heavy (non-hydrogen) atoms. The van der Waals surface area contributed by atoms with E-state index in [1.54, 1.807) is 0 Å². The van der Waals surface area contributed by atoms with Crippen LogP contribution in [0.4, 0.5) is 5.69 Å². The van der Waals surface area contributed by atoms with Crippen LogP contribution >= 0.6 is 12.2 Å². The van der Waals surface area contributed by atoms with Crippen molar-refractivity contribution < 1.29 is 4.74 Å². The SMILES string of the molecule is CC(C)Oc1cccc(NC(=S)NC2CCCCCCC2)c1. The Bertz CT molecular complexity index is 468. The lowest BCUT2D eigenvalue weighted by atomic mass is 9.97. The topological polar surface area (TPSA) is 33.3 Å². The fourth-order valence-electron chi connectivity index (χ4n) is 2.87. The van der Waals surface area contributed by atoms with Gasteiger partial charge in [-0.15, -0.1) is 0 Å². The molecule has 2 N–H and O–H groups in total. The average Bonchev–Trinajstić information content (AvgIpc) is 2.41. The Morgan fingerprint density at radius 1 is 1.14 bits per heavy atom. The van der Waals surface area contributed by atoms with E-state index in [1.165, 1.54) is 44.9 Å². The number of anilines is 1. The van der Waals surface area contributed by atoms with Crippen LogP contribution in [-0.2, 0) is 0 Å². The van der Waals surface area contributed by atoms with Crippen LogP contribution in [0.15, 0.2) is 24.3 Å². The average molecular weight is 321 g/mol. The summed E-state index contributed by atoms with van der Waals surface area (Å²) in [5, 5.41) is 7.47. The van der Waals surface area contributed by atoms with Crippen LogP contribution in [0.5, 0.6) is 5.75 Å². The number of ether oxygens (including phenoxy) is 1. The minimum Gasteiger partial charge on any atom is -0.491 e. The first-order chi connectivity index (χ1) is 10.6. The van der Waals surface area contributed by atoms with Gasteiger partial charge in [-0.05, 0) is 51.0 Å². The summed E-state index contributed by atoms with van der Waals surface area (Å²) in [6.07, 6.45) is 9.32. The van der Waals surface area contributed by atoms with Gasteiger partial charge in [0.25, 0.3) is 0 Å². The molecule has 1 aliphatic carbocycles. The second-order valence-corrected chi connectivity index (χ2v) is 6.74. The van der Waals surface area contributed by atoms with Crippen LogP contribution in [0.2, 0.25) is 0 Å². The maximum atomic E-state index is 5.71. The first-order valence-corrected chi connectivity index (χ1v) is 8.88. The van der Waals surface area contributed by atoms with Crippen LogP contribution in [0.3, 0.4) is 0 Å². The van der Waals surface area contributed by atoms with Crippen LogP contribution in [0, 0.1) is 0 Å². The van der Waals surface area contributed by atoms with Crippen LogP contribution < -0.4 is 15.4 Å². The van der Waals surface area contributed by atoms with Gasteiger partial charge >= 0.3 is 0 Å². The zero-order chi connectivity index (χ0) is 15.8. The highest BCUT2D eigenvalue weighted by Gasteiger charge is 2.12. The number of hydrogen-bond acceptors (Lipinski definition) is 2. The Balaban J connectivity index is 1.85. The van der Waals surface area contributed by atoms with Gasteiger partial charge in [-0.25, -0.2) is 0 Å². The van der Waals surface area contributed by atoms with E-state index in [0.29, 0.717) is 11.2 Å². The molecule has 0 spiro atoms. The summed E-state index contributed by atoms with van der Waals surface area (Å²) in [6, 6.07) is 8.47. The van der Waals surface area contributed by atoms with Crippen LogP contribution in [0.25, 0.3) is 0 Å². The molecular weight excluding hydrogens is 292 g/mol. The van der Waals surface area contributed by atoms with Crippen molar-refractivity contribution in [1.29, 1.82) is 0 Å². The monoisotopic (exact) mass is 320 g/mol. The van der Waals surface area contributed by atoms with Gasteiger partial charge in [0.1, 0.15) is 5.75 Å². The minimum atomic E-state index is 0.176. The third-order valence-electron chi connectivity index (χ3n) is 3.90. The molecule has 1 saturated carbocycles. The molecule has 4 heteroatoms. The second-order valence-electron chi connectivity index (χ2n) is 6.33. The molecule has 1 fully saturated rings. The van der Waals surface area contributed by atoms with Gasteiger partial charge in [-0.2, -0.15) is 0 Å². The summed E-state index contributed by atoms with van der Waals surface area (Å²) in [5.74, 6) is 0.869. The standard InChI is InChI=1S/C18H28N2OS/c1-14(2)21-17-12-8-11-16(13-17)20-18(22)19-15-9-6-4-3-5-7-10-15/h8,11-15H,3-7,9-10H2,1-2H3,(H2,19,20,22). The molecule has 1 aromatic rings. The Morgan fingerprint density at radius 3 is 2.50 bits per heavy atom. The maximum absolute atomic E-state index is 5.71. The third-order valence-corrected chi connectivity index (χ3v) is 4.12. The minimum absolute atomic E-state index is 0.176. The smallest absolute Gasteiger partial charge is 0.170 e. The van der Waals surface area contributed by atoms with Gasteiger partial charge in [0.15, 0.2) is 5.11 Å². The van der Waals surface area contributed by atoms with E-state index in [1.807, 2.05) is 38.1 Å². The van der Waals surface area contributed by atoms with E-state index in [0.717, 1.165) is 11.4 Å². The molecule has 0 bridgehead atoms. The molecule has 122 valence electrons. The number of nitrogens with one attached hydrogen (secondary N) is 2. The maximum Gasteiger partial charge on any atom is 0.170 e. The van der Waals surface area contributed by atoms with E-state index in [4.69, 9.17) is 17.0 Å². The van der Waals surface area contributed by atoms with E-state index in [2.05, 4.69) is 10.6 Å². The van der Waals surface area contributed by atoms with Gasteiger partial charge in [0, 0.05) is 17.8 Å². The summed E-state index contributed by atoms with van der Waals surface area (Å²) in [7, 11) is 0. The number of benzene rings is 1. The van der Waals surface area contributed by atoms with Crippen molar-refractivity contribution in [2.75, 3.05) is 5.32 Å². The molecule has 0 aliphatic heterocycles. The highest BCUT2D eigenvalue weighted by molar-refractivity contribution is 7.80.